The van der Waals surface area contributed by atoms with Gasteiger partial charge in [-0.15, -0.1) is 0 Å². The normalized spacial score (nSPS) is 11.8. The number of aromatic nitrogens is 2. The summed E-state index contributed by atoms with van der Waals surface area (Å²) in [4.78, 5) is 9.01. The zero-order valence-electron chi connectivity index (χ0n) is 16.5. The largest absolute Gasteiger partial charge is 0.493 e. The van der Waals surface area contributed by atoms with Crippen LogP contribution >= 0.6 is 0 Å². The van der Waals surface area contributed by atoms with Crippen LogP contribution in [0.3, 0.4) is 0 Å². The minimum Gasteiger partial charge on any atom is -0.493 e. The number of nitrogens with zero attached hydrogens (tertiary/aromatic N) is 2. The van der Waals surface area contributed by atoms with Crippen LogP contribution in [0.1, 0.15) is 11.3 Å². The first-order valence-corrected chi connectivity index (χ1v) is 9.12. The Morgan fingerprint density at radius 3 is 2.59 bits per heavy atom. The molecule has 1 aliphatic rings. The molecule has 1 aromatic heterocycles. The molecule has 2 N–H and O–H groups in total. The van der Waals surface area contributed by atoms with Crippen LogP contribution < -0.4 is 29.6 Å². The first-order valence-electron chi connectivity index (χ1n) is 9.12. The van der Waals surface area contributed by atoms with Gasteiger partial charge in [0.05, 0.1) is 14.2 Å². The lowest BCUT2D eigenvalue weighted by Crippen LogP contribution is -2.06. The van der Waals surface area contributed by atoms with Gasteiger partial charge in [0.1, 0.15) is 5.82 Å². The van der Waals surface area contributed by atoms with Crippen LogP contribution in [0, 0.1) is 6.92 Å². The van der Waals surface area contributed by atoms with Gasteiger partial charge in [0.2, 0.25) is 12.7 Å². The summed E-state index contributed by atoms with van der Waals surface area (Å²) in [6.07, 6.45) is 0. The molecule has 0 atom stereocenters. The minimum absolute atomic E-state index is 0.262. The highest BCUT2D eigenvalue weighted by Crippen LogP contribution is 2.33. The molecule has 0 saturated heterocycles. The first kappa shape index (κ1) is 18.7. The molecule has 150 valence electrons. The molecule has 29 heavy (non-hydrogen) atoms. The van der Waals surface area contributed by atoms with Crippen molar-refractivity contribution in [2.45, 2.75) is 13.5 Å². The van der Waals surface area contributed by atoms with Gasteiger partial charge in [0.25, 0.3) is 0 Å². The van der Waals surface area contributed by atoms with E-state index in [1.807, 2.05) is 49.4 Å². The zero-order valence-corrected chi connectivity index (χ0v) is 16.5. The molecule has 1 aliphatic heterocycles. The summed E-state index contributed by atoms with van der Waals surface area (Å²) in [7, 11) is 3.21. The van der Waals surface area contributed by atoms with Crippen LogP contribution in [0.25, 0.3) is 0 Å². The maximum atomic E-state index is 5.42. The summed E-state index contributed by atoms with van der Waals surface area (Å²) in [5.41, 5.74) is 2.73. The van der Waals surface area contributed by atoms with Crippen LogP contribution in [0.5, 0.6) is 23.0 Å². The Balaban J connectivity index is 1.47. The second-order valence-corrected chi connectivity index (χ2v) is 6.45. The molecule has 0 spiro atoms. The Morgan fingerprint density at radius 2 is 1.76 bits per heavy atom. The number of rotatable bonds is 7. The van der Waals surface area contributed by atoms with E-state index < -0.39 is 0 Å². The van der Waals surface area contributed by atoms with Crippen molar-refractivity contribution in [2.75, 3.05) is 31.6 Å². The molecule has 2 aromatic carbocycles. The number of benzene rings is 2. The number of fused-ring (bicyclic) bond motifs is 1. The van der Waals surface area contributed by atoms with Crippen molar-refractivity contribution < 1.29 is 18.9 Å². The van der Waals surface area contributed by atoms with E-state index in [-0.39, 0.29) is 6.79 Å². The van der Waals surface area contributed by atoms with Crippen molar-refractivity contribution in [2.24, 2.45) is 0 Å². The van der Waals surface area contributed by atoms with Crippen molar-refractivity contribution in [1.82, 2.24) is 9.97 Å². The molecule has 3 aromatic rings. The lowest BCUT2D eigenvalue weighted by molar-refractivity contribution is 0.174. The molecular formula is C21H22N4O4. The summed E-state index contributed by atoms with van der Waals surface area (Å²) in [6.45, 7) is 2.75. The molecule has 8 nitrogen and oxygen atoms in total. The molecule has 0 radical (unpaired) electrons. The summed E-state index contributed by atoms with van der Waals surface area (Å²) in [5, 5.41) is 6.54. The van der Waals surface area contributed by atoms with Gasteiger partial charge in [-0.05, 0) is 36.8 Å². The fourth-order valence-electron chi connectivity index (χ4n) is 3.01. The number of hydrogen-bond donors (Lipinski definition) is 2. The van der Waals surface area contributed by atoms with Crippen molar-refractivity contribution >= 4 is 17.5 Å². The van der Waals surface area contributed by atoms with Crippen molar-refractivity contribution in [3.8, 4) is 23.0 Å². The van der Waals surface area contributed by atoms with Crippen molar-refractivity contribution in [3.05, 3.63) is 53.7 Å². The number of hydrogen-bond acceptors (Lipinski definition) is 8. The highest BCUT2D eigenvalue weighted by Gasteiger charge is 2.13. The first-order chi connectivity index (χ1) is 14.1. The third kappa shape index (κ3) is 4.26. The van der Waals surface area contributed by atoms with Gasteiger partial charge in [-0.1, -0.05) is 6.07 Å². The third-order valence-electron chi connectivity index (χ3n) is 4.40. The summed E-state index contributed by atoms with van der Waals surface area (Å²) >= 11 is 0. The van der Waals surface area contributed by atoms with E-state index in [9.17, 15) is 0 Å². The topological polar surface area (TPSA) is 86.8 Å². The summed E-state index contributed by atoms with van der Waals surface area (Å²) < 4.78 is 21.4. The highest BCUT2D eigenvalue weighted by atomic mass is 16.7. The molecule has 0 saturated carbocycles. The van der Waals surface area contributed by atoms with Crippen LogP contribution in [0.15, 0.2) is 42.5 Å². The summed E-state index contributed by atoms with van der Waals surface area (Å²) in [6, 6.07) is 13.3. The average Bonchev–Trinajstić information content (AvgIpc) is 3.19. The number of anilines is 3. The molecule has 4 rings (SSSR count). The number of nitrogens with one attached hydrogen (secondary N) is 2. The van der Waals surface area contributed by atoms with Crippen molar-refractivity contribution in [1.29, 1.82) is 0 Å². The average molecular weight is 394 g/mol. The van der Waals surface area contributed by atoms with Crippen molar-refractivity contribution in [3.63, 3.8) is 0 Å². The Bertz CT molecular complexity index is 1030. The van der Waals surface area contributed by atoms with Gasteiger partial charge in [0, 0.05) is 30.1 Å². The molecule has 0 unspecified atom stereocenters. The van der Waals surface area contributed by atoms with Crippen LogP contribution in [0.2, 0.25) is 0 Å². The number of ether oxygens (including phenoxy) is 4. The monoisotopic (exact) mass is 394 g/mol. The van der Waals surface area contributed by atoms with Gasteiger partial charge >= 0.3 is 0 Å². The Morgan fingerprint density at radius 1 is 0.931 bits per heavy atom. The van der Waals surface area contributed by atoms with E-state index in [1.165, 1.54) is 0 Å². The molecular weight excluding hydrogens is 372 g/mol. The van der Waals surface area contributed by atoms with Gasteiger partial charge in [-0.25, -0.2) is 4.98 Å². The zero-order chi connectivity index (χ0) is 20.2. The van der Waals surface area contributed by atoms with Gasteiger partial charge in [0.15, 0.2) is 23.0 Å². The Hall–Kier alpha value is -3.68. The van der Waals surface area contributed by atoms with Crippen LogP contribution in [-0.2, 0) is 6.54 Å². The van der Waals surface area contributed by atoms with Gasteiger partial charge in [-0.3, -0.25) is 0 Å². The number of methoxy groups -OCH3 is 2. The molecule has 0 bridgehead atoms. The van der Waals surface area contributed by atoms with E-state index in [4.69, 9.17) is 18.9 Å². The lowest BCUT2D eigenvalue weighted by Gasteiger charge is -2.12. The predicted molar refractivity (Wildman–Crippen MR) is 109 cm³/mol. The van der Waals surface area contributed by atoms with Crippen LogP contribution in [-0.4, -0.2) is 31.0 Å². The second kappa shape index (κ2) is 8.14. The quantitative estimate of drug-likeness (QED) is 0.624. The standard InChI is InChI=1S/C21H22N4O4/c1-13-8-20(24-15-5-7-16(26-2)18(10-15)27-3)25-21(23-13)22-11-14-4-6-17-19(9-14)29-12-28-17/h4-10H,11-12H2,1-3H3,(H2,22,23,24,25). The molecule has 0 aliphatic carbocycles. The third-order valence-corrected chi connectivity index (χ3v) is 4.40. The molecule has 2 heterocycles. The smallest absolute Gasteiger partial charge is 0.231 e. The minimum atomic E-state index is 0.262. The highest BCUT2D eigenvalue weighted by molar-refractivity contribution is 5.62. The van der Waals surface area contributed by atoms with Gasteiger partial charge in [-0.2, -0.15) is 4.98 Å². The maximum absolute atomic E-state index is 5.42. The molecule has 0 fully saturated rings. The van der Waals surface area contributed by atoms with Gasteiger partial charge < -0.3 is 29.6 Å². The van der Waals surface area contributed by atoms with E-state index in [2.05, 4.69) is 20.6 Å². The molecule has 8 heteroatoms. The Kier molecular flexibility index (Phi) is 5.24. The van der Waals surface area contributed by atoms with E-state index in [0.717, 1.165) is 28.4 Å². The SMILES string of the molecule is COc1ccc(Nc2cc(C)nc(NCc3ccc4c(c3)OCO4)n2)cc1OC. The second-order valence-electron chi connectivity index (χ2n) is 6.45. The fraction of sp³-hybridized carbons (Fsp3) is 0.238. The van der Waals surface area contributed by atoms with E-state index in [0.29, 0.717) is 29.8 Å². The summed E-state index contributed by atoms with van der Waals surface area (Å²) in [5.74, 6) is 4.04. The maximum Gasteiger partial charge on any atom is 0.231 e. The van der Waals surface area contributed by atoms with E-state index in [1.54, 1.807) is 14.2 Å². The predicted octanol–water partition coefficient (Wildman–Crippen LogP) is 3.89. The Labute approximate surface area is 168 Å². The van der Waals surface area contributed by atoms with E-state index >= 15 is 0 Å². The fourth-order valence-corrected chi connectivity index (χ4v) is 3.01. The van der Waals surface area contributed by atoms with Crippen LogP contribution in [0.4, 0.5) is 17.5 Å². The molecule has 0 amide bonds. The lowest BCUT2D eigenvalue weighted by atomic mass is 10.2. The number of aryl methyl sites for hydroxylation is 1.